The Morgan fingerprint density at radius 3 is 2.30 bits per heavy atom. The fourth-order valence-corrected chi connectivity index (χ4v) is 2.36. The molecule has 20 heavy (non-hydrogen) atoms. The van der Waals surface area contributed by atoms with E-state index in [4.69, 9.17) is 0 Å². The highest BCUT2D eigenvalue weighted by atomic mass is 19.1. The molecule has 2 aromatic rings. The van der Waals surface area contributed by atoms with Crippen molar-refractivity contribution in [3.63, 3.8) is 0 Å². The minimum Gasteiger partial charge on any atom is -0.306 e. The maximum absolute atomic E-state index is 14.0. The van der Waals surface area contributed by atoms with Crippen molar-refractivity contribution in [1.29, 1.82) is 0 Å². The molecule has 1 aromatic heterocycles. The molecule has 0 radical (unpaired) electrons. The molecule has 0 aliphatic carbocycles. The van der Waals surface area contributed by atoms with Crippen molar-refractivity contribution in [3.05, 3.63) is 64.5 Å². The lowest BCUT2D eigenvalue weighted by molar-refractivity contribution is 0.508. The average molecular weight is 276 g/mol. The molecule has 0 bridgehead atoms. The van der Waals surface area contributed by atoms with Crippen molar-refractivity contribution in [2.45, 2.75) is 26.8 Å². The van der Waals surface area contributed by atoms with Crippen LogP contribution in [-0.4, -0.2) is 11.5 Å². The van der Waals surface area contributed by atoms with E-state index in [0.717, 1.165) is 17.0 Å². The second-order valence-corrected chi connectivity index (χ2v) is 4.75. The second kappa shape index (κ2) is 6.09. The van der Waals surface area contributed by atoms with Crippen LogP contribution in [0, 0.1) is 25.5 Å². The summed E-state index contributed by atoms with van der Waals surface area (Å²) in [6.45, 7) is 6.25. The van der Waals surface area contributed by atoms with Crippen LogP contribution in [0.1, 0.15) is 35.5 Å². The van der Waals surface area contributed by atoms with Gasteiger partial charge in [0.15, 0.2) is 0 Å². The van der Waals surface area contributed by atoms with E-state index in [1.165, 1.54) is 18.2 Å². The van der Waals surface area contributed by atoms with Crippen LogP contribution in [0.4, 0.5) is 8.78 Å². The summed E-state index contributed by atoms with van der Waals surface area (Å²) in [4.78, 5) is 4.38. The van der Waals surface area contributed by atoms with Gasteiger partial charge in [-0.1, -0.05) is 19.1 Å². The summed E-state index contributed by atoms with van der Waals surface area (Å²) >= 11 is 0. The third-order valence-corrected chi connectivity index (χ3v) is 3.27. The molecular weight excluding hydrogens is 258 g/mol. The number of hydrogen-bond acceptors (Lipinski definition) is 2. The van der Waals surface area contributed by atoms with Gasteiger partial charge in [0.25, 0.3) is 0 Å². The maximum atomic E-state index is 14.0. The van der Waals surface area contributed by atoms with Crippen LogP contribution in [0.3, 0.4) is 0 Å². The molecule has 1 heterocycles. The standard InChI is InChI=1S/C16H18F2N2/c1-4-19-16(12-9-8-10(2)20-11(12)3)15-13(17)6-5-7-14(15)18/h5-9,16,19H,4H2,1-3H3. The van der Waals surface area contributed by atoms with Crippen molar-refractivity contribution < 1.29 is 8.78 Å². The van der Waals surface area contributed by atoms with E-state index >= 15 is 0 Å². The molecule has 0 fully saturated rings. The van der Waals surface area contributed by atoms with Gasteiger partial charge < -0.3 is 5.32 Å². The van der Waals surface area contributed by atoms with Crippen molar-refractivity contribution in [3.8, 4) is 0 Å². The highest BCUT2D eigenvalue weighted by Crippen LogP contribution is 2.28. The molecule has 0 saturated carbocycles. The van der Waals surface area contributed by atoms with Gasteiger partial charge in [0, 0.05) is 17.0 Å². The first-order valence-corrected chi connectivity index (χ1v) is 6.66. The van der Waals surface area contributed by atoms with Gasteiger partial charge in [-0.15, -0.1) is 0 Å². The van der Waals surface area contributed by atoms with Gasteiger partial charge in [-0.2, -0.15) is 0 Å². The molecule has 0 aliphatic heterocycles. The molecule has 1 N–H and O–H groups in total. The van der Waals surface area contributed by atoms with Crippen molar-refractivity contribution >= 4 is 0 Å². The lowest BCUT2D eigenvalue weighted by Gasteiger charge is -2.21. The summed E-state index contributed by atoms with van der Waals surface area (Å²) in [5, 5.41) is 3.14. The Balaban J connectivity index is 2.56. The summed E-state index contributed by atoms with van der Waals surface area (Å²) < 4.78 is 28.0. The molecule has 1 aromatic carbocycles. The van der Waals surface area contributed by atoms with Crippen LogP contribution in [0.2, 0.25) is 0 Å². The summed E-state index contributed by atoms with van der Waals surface area (Å²) in [5.74, 6) is -1.09. The van der Waals surface area contributed by atoms with Gasteiger partial charge in [0.05, 0.1) is 6.04 Å². The fourth-order valence-electron chi connectivity index (χ4n) is 2.36. The number of hydrogen-bond donors (Lipinski definition) is 1. The normalized spacial score (nSPS) is 12.4. The van der Waals surface area contributed by atoms with Crippen molar-refractivity contribution in [2.24, 2.45) is 0 Å². The predicted octanol–water partition coefficient (Wildman–Crippen LogP) is 3.68. The molecule has 2 rings (SSSR count). The van der Waals surface area contributed by atoms with E-state index in [0.29, 0.717) is 6.54 Å². The predicted molar refractivity (Wildman–Crippen MR) is 75.6 cm³/mol. The Bertz CT molecular complexity index is 591. The zero-order valence-electron chi connectivity index (χ0n) is 11.9. The largest absolute Gasteiger partial charge is 0.306 e. The van der Waals surface area contributed by atoms with Crippen LogP contribution in [0.5, 0.6) is 0 Å². The third kappa shape index (κ3) is 2.85. The van der Waals surface area contributed by atoms with E-state index in [1.807, 2.05) is 32.9 Å². The van der Waals surface area contributed by atoms with Crippen LogP contribution < -0.4 is 5.32 Å². The third-order valence-electron chi connectivity index (χ3n) is 3.27. The Labute approximate surface area is 117 Å². The number of pyridine rings is 1. The van der Waals surface area contributed by atoms with E-state index < -0.39 is 17.7 Å². The van der Waals surface area contributed by atoms with Crippen molar-refractivity contribution in [1.82, 2.24) is 10.3 Å². The number of aromatic nitrogens is 1. The molecule has 0 amide bonds. The number of nitrogens with one attached hydrogen (secondary N) is 1. The van der Waals surface area contributed by atoms with Crippen LogP contribution >= 0.6 is 0 Å². The molecule has 0 aliphatic rings. The molecule has 1 atom stereocenters. The number of nitrogens with zero attached hydrogens (tertiary/aromatic N) is 1. The first kappa shape index (κ1) is 14.6. The number of aryl methyl sites for hydroxylation is 2. The van der Waals surface area contributed by atoms with Crippen LogP contribution in [-0.2, 0) is 0 Å². The van der Waals surface area contributed by atoms with Crippen LogP contribution in [0.15, 0.2) is 30.3 Å². The van der Waals surface area contributed by atoms with Crippen molar-refractivity contribution in [2.75, 3.05) is 6.54 Å². The van der Waals surface area contributed by atoms with Gasteiger partial charge in [-0.3, -0.25) is 4.98 Å². The quantitative estimate of drug-likeness (QED) is 0.921. The van der Waals surface area contributed by atoms with Gasteiger partial charge in [-0.25, -0.2) is 8.78 Å². The molecule has 1 unspecified atom stereocenters. The summed E-state index contributed by atoms with van der Waals surface area (Å²) in [6.07, 6.45) is 0. The van der Waals surface area contributed by atoms with Crippen LogP contribution in [0.25, 0.3) is 0 Å². The molecule has 4 heteroatoms. The highest BCUT2D eigenvalue weighted by Gasteiger charge is 2.22. The topological polar surface area (TPSA) is 24.9 Å². The minimum atomic E-state index is -0.545. The van der Waals surface area contributed by atoms with Gasteiger partial charge in [0.1, 0.15) is 11.6 Å². The SMILES string of the molecule is CCNC(c1ccc(C)nc1C)c1c(F)cccc1F. The summed E-state index contributed by atoms with van der Waals surface area (Å²) in [6, 6.07) is 7.12. The van der Waals surface area contributed by atoms with E-state index in [1.54, 1.807) is 0 Å². The number of benzene rings is 1. The van der Waals surface area contributed by atoms with Gasteiger partial charge >= 0.3 is 0 Å². The number of halogens is 2. The van der Waals surface area contributed by atoms with E-state index in [9.17, 15) is 8.78 Å². The zero-order chi connectivity index (χ0) is 14.7. The van der Waals surface area contributed by atoms with Gasteiger partial charge in [-0.05, 0) is 44.2 Å². The fraction of sp³-hybridized carbons (Fsp3) is 0.312. The summed E-state index contributed by atoms with van der Waals surface area (Å²) in [7, 11) is 0. The Morgan fingerprint density at radius 2 is 1.75 bits per heavy atom. The average Bonchev–Trinajstić information content (AvgIpc) is 2.38. The Hall–Kier alpha value is -1.81. The molecule has 106 valence electrons. The lowest BCUT2D eigenvalue weighted by atomic mass is 9.96. The molecular formula is C16H18F2N2. The molecule has 0 spiro atoms. The summed E-state index contributed by atoms with van der Waals surface area (Å²) in [5.41, 5.74) is 2.50. The smallest absolute Gasteiger partial charge is 0.131 e. The number of rotatable bonds is 4. The maximum Gasteiger partial charge on any atom is 0.131 e. The first-order valence-electron chi connectivity index (χ1n) is 6.66. The Morgan fingerprint density at radius 1 is 1.10 bits per heavy atom. The zero-order valence-corrected chi connectivity index (χ0v) is 11.9. The first-order chi connectivity index (χ1) is 9.54. The van der Waals surface area contributed by atoms with Gasteiger partial charge in [0.2, 0.25) is 0 Å². The Kier molecular flexibility index (Phi) is 4.45. The lowest BCUT2D eigenvalue weighted by Crippen LogP contribution is -2.25. The van der Waals surface area contributed by atoms with E-state index in [-0.39, 0.29) is 5.56 Å². The van der Waals surface area contributed by atoms with E-state index in [2.05, 4.69) is 10.3 Å². The molecule has 0 saturated heterocycles. The monoisotopic (exact) mass is 276 g/mol. The second-order valence-electron chi connectivity index (χ2n) is 4.75. The molecule has 2 nitrogen and oxygen atoms in total. The highest BCUT2D eigenvalue weighted by molar-refractivity contribution is 5.36. The minimum absolute atomic E-state index is 0.0445.